The Labute approximate surface area is 148 Å². The van der Waals surface area contributed by atoms with Crippen molar-refractivity contribution in [3.63, 3.8) is 0 Å². The number of fused-ring (bicyclic) bond motifs is 1. The number of pyridine rings is 1. The summed E-state index contributed by atoms with van der Waals surface area (Å²) in [4.78, 5) is 14.1. The molecule has 3 aromatic heterocycles. The van der Waals surface area contributed by atoms with E-state index in [0.717, 1.165) is 55.6 Å². The van der Waals surface area contributed by atoms with Crippen LogP contribution in [0.4, 0.5) is 5.82 Å². The minimum Gasteiger partial charge on any atom is -0.354 e. The van der Waals surface area contributed by atoms with Crippen molar-refractivity contribution < 1.29 is 0 Å². The average Bonchev–Trinajstić information content (AvgIpc) is 2.99. The van der Waals surface area contributed by atoms with Crippen LogP contribution in [0.2, 0.25) is 0 Å². The van der Waals surface area contributed by atoms with E-state index in [0.29, 0.717) is 0 Å². The normalized spacial score (nSPS) is 15.9. The van der Waals surface area contributed by atoms with Crippen molar-refractivity contribution in [2.24, 2.45) is 0 Å². The van der Waals surface area contributed by atoms with Crippen LogP contribution in [-0.2, 0) is 6.54 Å². The van der Waals surface area contributed by atoms with Crippen LogP contribution in [0.25, 0.3) is 5.65 Å². The molecule has 1 aliphatic heterocycles. The van der Waals surface area contributed by atoms with Crippen LogP contribution in [0.15, 0.2) is 30.6 Å². The highest BCUT2D eigenvalue weighted by atomic mass is 15.3. The zero-order valence-corrected chi connectivity index (χ0v) is 15.1. The zero-order chi connectivity index (χ0) is 17.4. The van der Waals surface area contributed by atoms with Crippen LogP contribution < -0.4 is 4.90 Å². The van der Waals surface area contributed by atoms with Gasteiger partial charge in [-0.15, -0.1) is 0 Å². The van der Waals surface area contributed by atoms with Gasteiger partial charge in [0.2, 0.25) is 0 Å². The molecule has 6 nitrogen and oxygen atoms in total. The molecule has 0 unspecified atom stereocenters. The van der Waals surface area contributed by atoms with Gasteiger partial charge in [0.05, 0.1) is 6.20 Å². The molecule has 1 fully saturated rings. The Morgan fingerprint density at radius 1 is 1.08 bits per heavy atom. The Bertz CT molecular complexity index is 892. The topological polar surface area (TPSA) is 49.6 Å². The molecule has 0 amide bonds. The van der Waals surface area contributed by atoms with E-state index < -0.39 is 0 Å². The summed E-state index contributed by atoms with van der Waals surface area (Å²) in [6, 6.07) is 6.19. The maximum absolute atomic E-state index is 4.69. The van der Waals surface area contributed by atoms with Crippen LogP contribution in [0.5, 0.6) is 0 Å². The first-order chi connectivity index (χ1) is 12.1. The van der Waals surface area contributed by atoms with Crippen molar-refractivity contribution in [3.05, 3.63) is 53.1 Å². The van der Waals surface area contributed by atoms with Gasteiger partial charge in [0.25, 0.3) is 0 Å². The number of aromatic nitrogens is 4. The number of rotatable bonds is 3. The highest BCUT2D eigenvalue weighted by Gasteiger charge is 2.20. The second-order valence-electron chi connectivity index (χ2n) is 6.85. The van der Waals surface area contributed by atoms with Crippen molar-refractivity contribution in [2.45, 2.75) is 27.3 Å². The first-order valence-electron chi connectivity index (χ1n) is 8.81. The Kier molecular flexibility index (Phi) is 4.13. The van der Waals surface area contributed by atoms with Crippen molar-refractivity contribution in [2.75, 3.05) is 31.1 Å². The number of piperazine rings is 1. The van der Waals surface area contributed by atoms with Crippen LogP contribution in [0.3, 0.4) is 0 Å². The molecular weight excluding hydrogens is 312 g/mol. The molecule has 0 aromatic carbocycles. The largest absolute Gasteiger partial charge is 0.354 e. The number of nitrogens with zero attached hydrogens (tertiary/aromatic N) is 6. The lowest BCUT2D eigenvalue weighted by molar-refractivity contribution is 0.250. The quantitative estimate of drug-likeness (QED) is 0.735. The molecule has 0 radical (unpaired) electrons. The van der Waals surface area contributed by atoms with Crippen LogP contribution in [-0.4, -0.2) is 50.7 Å². The second-order valence-corrected chi connectivity index (χ2v) is 6.85. The summed E-state index contributed by atoms with van der Waals surface area (Å²) in [7, 11) is 0. The predicted octanol–water partition coefficient (Wildman–Crippen LogP) is 2.37. The fourth-order valence-electron chi connectivity index (χ4n) is 3.59. The zero-order valence-electron chi connectivity index (χ0n) is 15.1. The molecule has 0 aliphatic carbocycles. The first-order valence-corrected chi connectivity index (χ1v) is 8.81. The van der Waals surface area contributed by atoms with Crippen molar-refractivity contribution >= 4 is 11.5 Å². The molecule has 0 spiro atoms. The molecule has 130 valence electrons. The minimum absolute atomic E-state index is 0.897. The van der Waals surface area contributed by atoms with Gasteiger partial charge in [0.15, 0.2) is 5.65 Å². The molecule has 25 heavy (non-hydrogen) atoms. The fraction of sp³-hybridized carbons (Fsp3) is 0.421. The standard InChI is InChI=1S/C19H24N6/c1-14-5-4-6-20-18(14)24-9-7-23(8-10-24)13-17-12-21-25-16(3)11-15(2)22-19(17)25/h4-6,11-12H,7-10,13H2,1-3H3. The maximum atomic E-state index is 4.69. The summed E-state index contributed by atoms with van der Waals surface area (Å²) in [6.45, 7) is 11.2. The molecule has 6 heteroatoms. The molecule has 0 atom stereocenters. The molecule has 4 heterocycles. The number of hydrogen-bond donors (Lipinski definition) is 0. The van der Waals surface area contributed by atoms with Gasteiger partial charge in [-0.05, 0) is 38.5 Å². The van der Waals surface area contributed by atoms with E-state index in [9.17, 15) is 0 Å². The smallest absolute Gasteiger partial charge is 0.159 e. The van der Waals surface area contributed by atoms with Crippen molar-refractivity contribution in [1.82, 2.24) is 24.5 Å². The summed E-state index contributed by atoms with van der Waals surface area (Å²) in [5.41, 5.74) is 5.61. The number of aryl methyl sites for hydroxylation is 3. The summed E-state index contributed by atoms with van der Waals surface area (Å²) in [5, 5.41) is 4.51. The lowest BCUT2D eigenvalue weighted by Gasteiger charge is -2.35. The van der Waals surface area contributed by atoms with Gasteiger partial charge in [-0.1, -0.05) is 6.07 Å². The molecule has 1 aliphatic rings. The van der Waals surface area contributed by atoms with Crippen LogP contribution in [0.1, 0.15) is 22.5 Å². The van der Waals surface area contributed by atoms with Gasteiger partial charge in [0.1, 0.15) is 5.82 Å². The Morgan fingerprint density at radius 2 is 1.88 bits per heavy atom. The molecule has 0 bridgehead atoms. The SMILES string of the molecule is Cc1cc(C)n2ncc(CN3CCN(c4ncccc4C)CC3)c2n1. The van der Waals surface area contributed by atoms with Gasteiger partial charge in [-0.3, -0.25) is 4.90 Å². The van der Waals surface area contributed by atoms with E-state index in [2.05, 4.69) is 50.8 Å². The van der Waals surface area contributed by atoms with E-state index in [4.69, 9.17) is 0 Å². The van der Waals surface area contributed by atoms with Crippen molar-refractivity contribution in [3.8, 4) is 0 Å². The number of hydrogen-bond acceptors (Lipinski definition) is 5. The fourth-order valence-corrected chi connectivity index (χ4v) is 3.59. The summed E-state index contributed by atoms with van der Waals surface area (Å²) < 4.78 is 1.94. The molecule has 3 aromatic rings. The first kappa shape index (κ1) is 16.0. The van der Waals surface area contributed by atoms with Gasteiger partial charge in [-0.25, -0.2) is 14.5 Å². The van der Waals surface area contributed by atoms with Gasteiger partial charge >= 0.3 is 0 Å². The van der Waals surface area contributed by atoms with E-state index in [1.807, 2.05) is 29.9 Å². The van der Waals surface area contributed by atoms with E-state index >= 15 is 0 Å². The summed E-state index contributed by atoms with van der Waals surface area (Å²) >= 11 is 0. The van der Waals surface area contributed by atoms with E-state index in [1.165, 1.54) is 11.1 Å². The van der Waals surface area contributed by atoms with Gasteiger partial charge in [0, 0.05) is 55.9 Å². The lowest BCUT2D eigenvalue weighted by Crippen LogP contribution is -2.46. The van der Waals surface area contributed by atoms with Crippen LogP contribution >= 0.6 is 0 Å². The lowest BCUT2D eigenvalue weighted by atomic mass is 10.2. The Balaban J connectivity index is 1.47. The van der Waals surface area contributed by atoms with E-state index in [-0.39, 0.29) is 0 Å². The molecule has 4 rings (SSSR count). The monoisotopic (exact) mass is 336 g/mol. The Hall–Kier alpha value is -2.47. The van der Waals surface area contributed by atoms with Gasteiger partial charge < -0.3 is 4.90 Å². The van der Waals surface area contributed by atoms with Crippen LogP contribution in [0, 0.1) is 20.8 Å². The highest BCUT2D eigenvalue weighted by molar-refractivity contribution is 5.48. The summed E-state index contributed by atoms with van der Waals surface area (Å²) in [5.74, 6) is 1.12. The van der Waals surface area contributed by atoms with E-state index in [1.54, 1.807) is 0 Å². The molecular formula is C19H24N6. The predicted molar refractivity (Wildman–Crippen MR) is 98.9 cm³/mol. The second kappa shape index (κ2) is 6.44. The third-order valence-electron chi connectivity index (χ3n) is 4.90. The maximum Gasteiger partial charge on any atom is 0.159 e. The highest BCUT2D eigenvalue weighted by Crippen LogP contribution is 2.19. The van der Waals surface area contributed by atoms with Crippen molar-refractivity contribution in [1.29, 1.82) is 0 Å². The Morgan fingerprint density at radius 3 is 2.64 bits per heavy atom. The summed E-state index contributed by atoms with van der Waals surface area (Å²) in [6.07, 6.45) is 3.84. The third-order valence-corrected chi connectivity index (χ3v) is 4.90. The molecule has 0 N–H and O–H groups in total. The number of anilines is 1. The minimum atomic E-state index is 0.897. The average molecular weight is 336 g/mol. The van der Waals surface area contributed by atoms with Gasteiger partial charge in [-0.2, -0.15) is 5.10 Å². The molecule has 1 saturated heterocycles. The third kappa shape index (κ3) is 3.09. The molecule has 0 saturated carbocycles.